The van der Waals surface area contributed by atoms with Gasteiger partial charge in [-0.3, -0.25) is 0 Å². The number of anilines is 3. The van der Waals surface area contributed by atoms with Crippen LogP contribution in [0.2, 0.25) is 0 Å². The Bertz CT molecular complexity index is 933. The number of nitrogens with zero attached hydrogens (tertiary/aromatic N) is 6. The Morgan fingerprint density at radius 3 is 2.69 bits per heavy atom. The lowest BCUT2D eigenvalue weighted by molar-refractivity contribution is 0.313. The minimum absolute atomic E-state index is 0.557. The SMILES string of the molecule is c1ccc(Nc2ncn(-c3ccnc(N4CCC[C@H]4CN4CCCC4)c3)n2)cc1. The van der Waals surface area contributed by atoms with Crippen molar-refractivity contribution in [2.24, 2.45) is 0 Å². The monoisotopic (exact) mass is 389 g/mol. The van der Waals surface area contributed by atoms with Crippen molar-refractivity contribution in [1.29, 1.82) is 0 Å². The van der Waals surface area contributed by atoms with Crippen molar-refractivity contribution >= 4 is 17.5 Å². The molecule has 2 aliphatic heterocycles. The first-order chi connectivity index (χ1) is 14.3. The van der Waals surface area contributed by atoms with E-state index in [-0.39, 0.29) is 0 Å². The smallest absolute Gasteiger partial charge is 0.246 e. The van der Waals surface area contributed by atoms with Crippen LogP contribution in [0.3, 0.4) is 0 Å². The van der Waals surface area contributed by atoms with Crippen molar-refractivity contribution < 1.29 is 0 Å². The van der Waals surface area contributed by atoms with Crippen molar-refractivity contribution in [3.63, 3.8) is 0 Å². The minimum atomic E-state index is 0.557. The van der Waals surface area contributed by atoms with E-state index in [0.717, 1.165) is 30.3 Å². The lowest BCUT2D eigenvalue weighted by Gasteiger charge is -2.29. The van der Waals surface area contributed by atoms with E-state index in [4.69, 9.17) is 0 Å². The third-order valence-corrected chi connectivity index (χ3v) is 5.85. The van der Waals surface area contributed by atoms with Gasteiger partial charge in [-0.05, 0) is 57.0 Å². The van der Waals surface area contributed by atoms with E-state index in [1.165, 1.54) is 38.8 Å². The highest BCUT2D eigenvalue weighted by atomic mass is 15.4. The van der Waals surface area contributed by atoms with Gasteiger partial charge in [0.05, 0.1) is 5.69 Å². The van der Waals surface area contributed by atoms with E-state index in [0.29, 0.717) is 12.0 Å². The van der Waals surface area contributed by atoms with E-state index < -0.39 is 0 Å². The van der Waals surface area contributed by atoms with Crippen LogP contribution < -0.4 is 10.2 Å². The van der Waals surface area contributed by atoms with Gasteiger partial charge >= 0.3 is 0 Å². The molecule has 2 aromatic heterocycles. The van der Waals surface area contributed by atoms with Crippen molar-refractivity contribution in [1.82, 2.24) is 24.6 Å². The largest absolute Gasteiger partial charge is 0.352 e. The molecule has 4 heterocycles. The van der Waals surface area contributed by atoms with Gasteiger partial charge in [-0.1, -0.05) is 18.2 Å². The van der Waals surface area contributed by atoms with Gasteiger partial charge in [0.2, 0.25) is 5.95 Å². The van der Waals surface area contributed by atoms with Crippen LogP contribution in [0.25, 0.3) is 5.69 Å². The molecule has 2 fully saturated rings. The highest BCUT2D eigenvalue weighted by Crippen LogP contribution is 2.27. The van der Waals surface area contributed by atoms with Crippen LogP contribution in [0.15, 0.2) is 55.0 Å². The van der Waals surface area contributed by atoms with Crippen molar-refractivity contribution in [3.8, 4) is 5.69 Å². The van der Waals surface area contributed by atoms with E-state index in [1.807, 2.05) is 47.3 Å². The van der Waals surface area contributed by atoms with Crippen LogP contribution in [0.5, 0.6) is 0 Å². The zero-order valence-corrected chi connectivity index (χ0v) is 16.6. The number of hydrogen-bond donors (Lipinski definition) is 1. The van der Waals surface area contributed by atoms with Gasteiger partial charge in [0.25, 0.3) is 0 Å². The Labute approximate surface area is 171 Å². The fraction of sp³-hybridized carbons (Fsp3) is 0.409. The highest BCUT2D eigenvalue weighted by molar-refractivity contribution is 5.53. The second-order valence-electron chi connectivity index (χ2n) is 7.87. The Morgan fingerprint density at radius 2 is 1.83 bits per heavy atom. The first kappa shape index (κ1) is 18.1. The molecule has 150 valence electrons. The third-order valence-electron chi connectivity index (χ3n) is 5.85. The van der Waals surface area contributed by atoms with Gasteiger partial charge in [0.15, 0.2) is 0 Å². The number of pyridine rings is 1. The zero-order chi connectivity index (χ0) is 19.5. The molecular formula is C22H27N7. The lowest BCUT2D eigenvalue weighted by Crippen LogP contribution is -2.39. The molecule has 7 heteroatoms. The molecule has 7 nitrogen and oxygen atoms in total. The second-order valence-corrected chi connectivity index (χ2v) is 7.87. The molecule has 0 spiro atoms. The summed E-state index contributed by atoms with van der Waals surface area (Å²) in [4.78, 5) is 14.2. The summed E-state index contributed by atoms with van der Waals surface area (Å²) in [7, 11) is 0. The maximum Gasteiger partial charge on any atom is 0.246 e. The van der Waals surface area contributed by atoms with Crippen LogP contribution in [0.1, 0.15) is 25.7 Å². The highest BCUT2D eigenvalue weighted by Gasteiger charge is 2.28. The first-order valence-corrected chi connectivity index (χ1v) is 10.5. The van der Waals surface area contributed by atoms with Crippen LogP contribution in [-0.4, -0.2) is 56.9 Å². The molecule has 0 amide bonds. The average molecular weight is 390 g/mol. The summed E-state index contributed by atoms with van der Waals surface area (Å²) in [5.74, 6) is 1.62. The number of nitrogens with one attached hydrogen (secondary N) is 1. The summed E-state index contributed by atoms with van der Waals surface area (Å²) < 4.78 is 1.81. The minimum Gasteiger partial charge on any atom is -0.352 e. The summed E-state index contributed by atoms with van der Waals surface area (Å²) >= 11 is 0. The molecule has 1 aromatic carbocycles. The molecule has 3 aromatic rings. The molecule has 0 aliphatic carbocycles. The number of rotatable bonds is 6. The standard InChI is InChI=1S/C22H27N7/c1-2-7-18(8-3-1)25-22-24-17-29(26-22)19-10-11-23-21(15-19)28-14-6-9-20(28)16-27-12-4-5-13-27/h1-3,7-8,10-11,15,17,20H,4-6,9,12-14,16H2,(H,25,26)/t20-/m0/s1. The van der Waals surface area contributed by atoms with Gasteiger partial charge in [0, 0.05) is 37.1 Å². The second kappa shape index (κ2) is 8.21. The molecule has 0 radical (unpaired) electrons. The first-order valence-electron chi connectivity index (χ1n) is 10.5. The summed E-state index contributed by atoms with van der Waals surface area (Å²) in [5, 5.41) is 7.82. The van der Waals surface area contributed by atoms with E-state index >= 15 is 0 Å². The van der Waals surface area contributed by atoms with Crippen LogP contribution >= 0.6 is 0 Å². The quantitative estimate of drug-likeness (QED) is 0.697. The number of hydrogen-bond acceptors (Lipinski definition) is 6. The lowest BCUT2D eigenvalue weighted by atomic mass is 10.2. The van der Waals surface area contributed by atoms with Crippen LogP contribution in [0.4, 0.5) is 17.5 Å². The number of para-hydroxylation sites is 1. The van der Waals surface area contributed by atoms with E-state index in [9.17, 15) is 0 Å². The van der Waals surface area contributed by atoms with E-state index in [1.54, 1.807) is 6.33 Å². The summed E-state index contributed by atoms with van der Waals surface area (Å²) in [5.41, 5.74) is 1.96. The Balaban J connectivity index is 1.32. The Kier molecular flexibility index (Phi) is 5.13. The Hall–Kier alpha value is -2.93. The van der Waals surface area contributed by atoms with Crippen molar-refractivity contribution in [2.75, 3.05) is 36.4 Å². The zero-order valence-electron chi connectivity index (χ0n) is 16.6. The molecule has 0 saturated carbocycles. The number of benzene rings is 1. The maximum atomic E-state index is 4.68. The molecule has 2 saturated heterocycles. The van der Waals surface area contributed by atoms with Crippen LogP contribution in [0, 0.1) is 0 Å². The normalized spacial score (nSPS) is 19.7. The number of aromatic nitrogens is 4. The molecule has 0 bridgehead atoms. The van der Waals surface area contributed by atoms with Crippen molar-refractivity contribution in [2.45, 2.75) is 31.7 Å². The molecule has 29 heavy (non-hydrogen) atoms. The van der Waals surface area contributed by atoms with Gasteiger partial charge in [-0.25, -0.2) is 9.67 Å². The van der Waals surface area contributed by atoms with Crippen molar-refractivity contribution in [3.05, 3.63) is 55.0 Å². The molecule has 2 aliphatic rings. The third kappa shape index (κ3) is 4.10. The number of likely N-dealkylation sites (tertiary alicyclic amines) is 1. The topological polar surface area (TPSA) is 62.1 Å². The summed E-state index contributed by atoms with van der Waals surface area (Å²) in [6.07, 6.45) is 8.78. The summed E-state index contributed by atoms with van der Waals surface area (Å²) in [6.45, 7) is 4.72. The molecule has 1 atom stereocenters. The molecule has 1 N–H and O–H groups in total. The predicted octanol–water partition coefficient (Wildman–Crippen LogP) is 3.47. The van der Waals surface area contributed by atoms with Crippen LogP contribution in [-0.2, 0) is 0 Å². The summed E-state index contributed by atoms with van der Waals surface area (Å²) in [6, 6.07) is 14.6. The van der Waals surface area contributed by atoms with Gasteiger partial charge in [-0.2, -0.15) is 4.98 Å². The average Bonchev–Trinajstić information content (AvgIpc) is 3.52. The predicted molar refractivity (Wildman–Crippen MR) is 115 cm³/mol. The fourth-order valence-electron chi connectivity index (χ4n) is 4.39. The molecule has 5 rings (SSSR count). The van der Waals surface area contributed by atoms with Gasteiger partial charge in [-0.15, -0.1) is 5.10 Å². The molecular weight excluding hydrogens is 362 g/mol. The van der Waals surface area contributed by atoms with Gasteiger partial charge < -0.3 is 15.1 Å². The molecule has 0 unspecified atom stereocenters. The fourth-order valence-corrected chi connectivity index (χ4v) is 4.39. The maximum absolute atomic E-state index is 4.68. The Morgan fingerprint density at radius 1 is 0.966 bits per heavy atom. The van der Waals surface area contributed by atoms with E-state index in [2.05, 4.69) is 36.2 Å². The van der Waals surface area contributed by atoms with Gasteiger partial charge in [0.1, 0.15) is 12.1 Å².